The number of nitrogens with two attached hydrogens (primary N) is 1. The zero-order valence-corrected chi connectivity index (χ0v) is 18.4. The Bertz CT molecular complexity index is 792. The molecule has 5 rings (SSSR count). The second kappa shape index (κ2) is 9.74. The molecule has 4 N–H and O–H groups in total. The number of alkyl halides is 1. The molecule has 0 saturated carbocycles. The van der Waals surface area contributed by atoms with Crippen LogP contribution in [0.2, 0.25) is 0 Å². The van der Waals surface area contributed by atoms with Crippen LogP contribution in [-0.2, 0) is 4.79 Å². The number of ether oxygens (including phenoxy) is 1. The highest BCUT2D eigenvalue weighted by Gasteiger charge is 2.40. The van der Waals surface area contributed by atoms with Gasteiger partial charge in [0, 0.05) is 31.9 Å². The molecule has 4 aliphatic heterocycles. The predicted molar refractivity (Wildman–Crippen MR) is 118 cm³/mol. The molecule has 31 heavy (non-hydrogen) atoms. The summed E-state index contributed by atoms with van der Waals surface area (Å²) in [5.41, 5.74) is 6.40. The molecule has 4 aliphatic rings. The number of nitrogens with zero attached hydrogens (tertiary/aromatic N) is 4. The first-order valence-corrected chi connectivity index (χ1v) is 11.2. The van der Waals surface area contributed by atoms with E-state index < -0.39 is 24.2 Å². The molecule has 170 valence electrons. The second-order valence-electron chi connectivity index (χ2n) is 8.67. The largest absolute Gasteiger partial charge is 0.487 e. The van der Waals surface area contributed by atoms with Gasteiger partial charge in [-0.2, -0.15) is 0 Å². The molecule has 2 bridgehead atoms. The van der Waals surface area contributed by atoms with E-state index in [1.165, 1.54) is 0 Å². The monoisotopic (exact) mass is 451 g/mol. The number of fused-ring (bicyclic) bond motifs is 3. The number of hydrogen-bond acceptors (Lipinski definition) is 9. The molecule has 10 nitrogen and oxygen atoms in total. The SMILES string of the molecule is CN1CC(Cl)CNC1C(C(=O)Nc1cnccc1OC1CN2CCC1CC2)C(N)N=O. The molecule has 4 saturated heterocycles. The molecule has 0 spiro atoms. The van der Waals surface area contributed by atoms with Gasteiger partial charge >= 0.3 is 0 Å². The number of nitroso groups, excluding NO2 is 1. The molecule has 0 aliphatic carbocycles. The summed E-state index contributed by atoms with van der Waals surface area (Å²) in [6.45, 7) is 4.20. The van der Waals surface area contributed by atoms with Gasteiger partial charge in [-0.1, -0.05) is 5.18 Å². The van der Waals surface area contributed by atoms with Crippen molar-refractivity contribution in [3.8, 4) is 5.75 Å². The summed E-state index contributed by atoms with van der Waals surface area (Å²) in [6.07, 6.45) is 3.85. The molecule has 4 fully saturated rings. The van der Waals surface area contributed by atoms with Crippen LogP contribution < -0.4 is 21.1 Å². The zero-order chi connectivity index (χ0) is 22.0. The minimum Gasteiger partial charge on any atom is -0.487 e. The van der Waals surface area contributed by atoms with Crippen LogP contribution in [-0.4, -0.2) is 84.3 Å². The summed E-state index contributed by atoms with van der Waals surface area (Å²) in [4.78, 5) is 32.9. The number of pyridine rings is 1. The fourth-order valence-corrected chi connectivity index (χ4v) is 5.16. The van der Waals surface area contributed by atoms with Gasteiger partial charge in [-0.25, -0.2) is 0 Å². The number of aromatic nitrogens is 1. The van der Waals surface area contributed by atoms with Crippen LogP contribution in [0.3, 0.4) is 0 Å². The van der Waals surface area contributed by atoms with Gasteiger partial charge in [0.2, 0.25) is 5.91 Å². The average molecular weight is 452 g/mol. The fraction of sp³-hybridized carbons (Fsp3) is 0.700. The Labute approximate surface area is 186 Å². The lowest BCUT2D eigenvalue weighted by atomic mass is 9.86. The maximum absolute atomic E-state index is 13.2. The zero-order valence-electron chi connectivity index (χ0n) is 17.6. The molecule has 11 heteroatoms. The van der Waals surface area contributed by atoms with Gasteiger partial charge in [0.1, 0.15) is 23.5 Å². The van der Waals surface area contributed by atoms with E-state index in [1.54, 1.807) is 18.5 Å². The molecule has 0 radical (unpaired) electrons. The van der Waals surface area contributed by atoms with Gasteiger partial charge in [0.05, 0.1) is 17.7 Å². The van der Waals surface area contributed by atoms with Crippen LogP contribution in [0.4, 0.5) is 5.69 Å². The number of amides is 1. The Kier molecular flexibility index (Phi) is 7.02. The van der Waals surface area contributed by atoms with E-state index in [0.717, 1.165) is 32.5 Å². The molecule has 5 unspecified atom stereocenters. The Balaban J connectivity index is 1.49. The Morgan fingerprint density at radius 2 is 2.19 bits per heavy atom. The summed E-state index contributed by atoms with van der Waals surface area (Å²) in [5.74, 6) is -0.238. The molecule has 1 aromatic rings. The number of halogens is 1. The number of piperidine rings is 3. The van der Waals surface area contributed by atoms with Crippen molar-refractivity contribution in [1.82, 2.24) is 20.1 Å². The minimum absolute atomic E-state index is 0.0852. The van der Waals surface area contributed by atoms with Crippen LogP contribution >= 0.6 is 11.6 Å². The van der Waals surface area contributed by atoms with E-state index in [2.05, 4.69) is 25.7 Å². The Hall–Kier alpha value is -1.85. The second-order valence-corrected chi connectivity index (χ2v) is 9.28. The minimum atomic E-state index is -1.21. The topological polar surface area (TPSA) is 125 Å². The van der Waals surface area contributed by atoms with E-state index in [9.17, 15) is 9.70 Å². The lowest BCUT2D eigenvalue weighted by Gasteiger charge is -2.44. The average Bonchev–Trinajstić information content (AvgIpc) is 2.77. The third-order valence-electron chi connectivity index (χ3n) is 6.56. The van der Waals surface area contributed by atoms with Crippen molar-refractivity contribution in [2.45, 2.75) is 36.7 Å². The highest BCUT2D eigenvalue weighted by atomic mass is 35.5. The lowest BCUT2D eigenvalue weighted by molar-refractivity contribution is -0.123. The number of carbonyl (C=O) groups is 1. The van der Waals surface area contributed by atoms with Crippen LogP contribution in [0.5, 0.6) is 5.75 Å². The smallest absolute Gasteiger partial charge is 0.234 e. The Morgan fingerprint density at radius 1 is 1.42 bits per heavy atom. The van der Waals surface area contributed by atoms with E-state index in [0.29, 0.717) is 30.4 Å². The van der Waals surface area contributed by atoms with Gasteiger partial charge in [-0.15, -0.1) is 16.5 Å². The lowest BCUT2D eigenvalue weighted by Crippen LogP contribution is -2.62. The fourth-order valence-electron chi connectivity index (χ4n) is 4.85. The number of rotatable bonds is 7. The van der Waals surface area contributed by atoms with E-state index in [4.69, 9.17) is 22.1 Å². The van der Waals surface area contributed by atoms with E-state index >= 15 is 0 Å². The van der Waals surface area contributed by atoms with E-state index in [-0.39, 0.29) is 11.5 Å². The van der Waals surface area contributed by atoms with Crippen LogP contribution in [0, 0.1) is 16.7 Å². The van der Waals surface area contributed by atoms with Crippen molar-refractivity contribution in [3.63, 3.8) is 0 Å². The van der Waals surface area contributed by atoms with E-state index in [1.807, 2.05) is 11.9 Å². The molecule has 1 amide bonds. The van der Waals surface area contributed by atoms with Gasteiger partial charge in [0.15, 0.2) is 6.17 Å². The number of carbonyl (C=O) groups excluding carboxylic acids is 1. The molecule has 0 aromatic carbocycles. The summed E-state index contributed by atoms with van der Waals surface area (Å²) >= 11 is 6.20. The molecule has 5 heterocycles. The van der Waals surface area contributed by atoms with Gasteiger partial charge in [0.25, 0.3) is 0 Å². The first-order valence-electron chi connectivity index (χ1n) is 10.8. The van der Waals surface area contributed by atoms with Gasteiger partial charge in [-0.3, -0.25) is 24.9 Å². The van der Waals surface area contributed by atoms with Crippen molar-refractivity contribution in [2.75, 3.05) is 45.1 Å². The van der Waals surface area contributed by atoms with Crippen molar-refractivity contribution < 1.29 is 9.53 Å². The summed E-state index contributed by atoms with van der Waals surface area (Å²) < 4.78 is 6.31. The maximum Gasteiger partial charge on any atom is 0.234 e. The van der Waals surface area contributed by atoms with Crippen LogP contribution in [0.25, 0.3) is 0 Å². The van der Waals surface area contributed by atoms with Gasteiger partial charge in [-0.05, 0) is 38.9 Å². The first kappa shape index (κ1) is 22.3. The summed E-state index contributed by atoms with van der Waals surface area (Å²) in [5, 5.41) is 8.92. The number of nitrogens with one attached hydrogen (secondary N) is 2. The van der Waals surface area contributed by atoms with Crippen molar-refractivity contribution in [1.29, 1.82) is 0 Å². The maximum atomic E-state index is 13.2. The van der Waals surface area contributed by atoms with Crippen molar-refractivity contribution in [3.05, 3.63) is 23.4 Å². The van der Waals surface area contributed by atoms with Crippen LogP contribution in [0.15, 0.2) is 23.6 Å². The molecular weight excluding hydrogens is 422 g/mol. The molecule has 5 atom stereocenters. The molecular formula is C20H30ClN7O3. The van der Waals surface area contributed by atoms with Crippen LogP contribution in [0.1, 0.15) is 12.8 Å². The first-order chi connectivity index (χ1) is 15.0. The normalized spacial score (nSPS) is 32.8. The van der Waals surface area contributed by atoms with Gasteiger partial charge < -0.3 is 15.8 Å². The third-order valence-corrected chi connectivity index (χ3v) is 6.85. The quantitative estimate of drug-likeness (QED) is 0.407. The highest BCUT2D eigenvalue weighted by molar-refractivity contribution is 6.21. The molecule has 1 aromatic heterocycles. The standard InChI is InChI=1S/C20H30ClN7O3/c1-27-10-13(21)8-24-19(27)17(18(22)26-30)20(29)25-14-9-23-5-2-15(14)31-16-11-28-6-3-12(16)4-7-28/h2,5,9,12-13,16-19,24H,3-4,6-8,10-11,22H2,1H3,(H,25,29). The number of anilines is 1. The summed E-state index contributed by atoms with van der Waals surface area (Å²) in [7, 11) is 1.83. The summed E-state index contributed by atoms with van der Waals surface area (Å²) in [6, 6.07) is 1.75. The third kappa shape index (κ3) is 4.98. The van der Waals surface area contributed by atoms with Crippen molar-refractivity contribution in [2.24, 2.45) is 22.7 Å². The predicted octanol–water partition coefficient (Wildman–Crippen LogP) is 0.629. The Morgan fingerprint density at radius 3 is 2.84 bits per heavy atom. The van der Waals surface area contributed by atoms with Crippen molar-refractivity contribution >= 4 is 23.2 Å². The number of hydrogen-bond donors (Lipinski definition) is 3. The highest BCUT2D eigenvalue weighted by Crippen LogP contribution is 2.33.